The largest absolute Gasteiger partial charge is 0.0613 e. The predicted molar refractivity (Wildman–Crippen MR) is 117 cm³/mol. The Morgan fingerprint density at radius 3 is 0.962 bits per heavy atom. The number of rotatable bonds is 8. The van der Waals surface area contributed by atoms with E-state index in [4.69, 9.17) is 0 Å². The van der Waals surface area contributed by atoms with Gasteiger partial charge in [-0.15, -0.1) is 0 Å². The molecule has 0 saturated heterocycles. The van der Waals surface area contributed by atoms with E-state index in [0.29, 0.717) is 5.92 Å². The summed E-state index contributed by atoms with van der Waals surface area (Å²) in [6, 6.07) is 9.84. The SMILES string of the molecule is CCc1cc(CC)c(C(C)c2c(CC)cc(CC)cc2CC)c(CC)c1. The van der Waals surface area contributed by atoms with Crippen LogP contribution in [0.2, 0.25) is 0 Å². The van der Waals surface area contributed by atoms with Crippen LogP contribution in [0, 0.1) is 0 Å². The number of hydrogen-bond donors (Lipinski definition) is 0. The molecular weight excluding hydrogens is 312 g/mol. The van der Waals surface area contributed by atoms with Gasteiger partial charge in [0.2, 0.25) is 0 Å². The molecule has 2 aromatic carbocycles. The van der Waals surface area contributed by atoms with Crippen molar-refractivity contribution in [3.05, 3.63) is 68.8 Å². The van der Waals surface area contributed by atoms with Crippen LogP contribution in [0.4, 0.5) is 0 Å². The molecule has 26 heavy (non-hydrogen) atoms. The molecule has 0 fully saturated rings. The fourth-order valence-electron chi connectivity index (χ4n) is 4.54. The van der Waals surface area contributed by atoms with Crippen LogP contribution in [-0.4, -0.2) is 0 Å². The normalized spacial score (nSPS) is 11.4. The monoisotopic (exact) mass is 350 g/mol. The molecule has 0 heterocycles. The lowest BCUT2D eigenvalue weighted by Gasteiger charge is -2.26. The van der Waals surface area contributed by atoms with E-state index in [2.05, 4.69) is 72.7 Å². The highest BCUT2D eigenvalue weighted by atomic mass is 14.3. The molecule has 0 aliphatic rings. The average Bonchev–Trinajstić information content (AvgIpc) is 2.70. The van der Waals surface area contributed by atoms with E-state index in [9.17, 15) is 0 Å². The summed E-state index contributed by atoms with van der Waals surface area (Å²) in [5.74, 6) is 0.474. The molecule has 0 atom stereocenters. The van der Waals surface area contributed by atoms with Gasteiger partial charge in [0, 0.05) is 5.92 Å². The molecule has 2 aromatic rings. The predicted octanol–water partition coefficient (Wildman–Crippen LogP) is 7.21. The maximum Gasteiger partial charge on any atom is 0.00719 e. The fraction of sp³-hybridized carbons (Fsp3) is 0.538. The Labute approximate surface area is 162 Å². The molecule has 0 bridgehead atoms. The highest BCUT2D eigenvalue weighted by Crippen LogP contribution is 2.36. The van der Waals surface area contributed by atoms with Gasteiger partial charge in [-0.05, 0) is 83.0 Å². The van der Waals surface area contributed by atoms with Crippen molar-refractivity contribution < 1.29 is 0 Å². The van der Waals surface area contributed by atoms with E-state index in [1.165, 1.54) is 11.1 Å². The number of hydrogen-bond acceptors (Lipinski definition) is 0. The summed E-state index contributed by atoms with van der Waals surface area (Å²) in [4.78, 5) is 0. The Morgan fingerprint density at radius 1 is 0.500 bits per heavy atom. The van der Waals surface area contributed by atoms with Crippen LogP contribution in [0.5, 0.6) is 0 Å². The summed E-state index contributed by atoms with van der Waals surface area (Å²) in [7, 11) is 0. The van der Waals surface area contributed by atoms with Crippen LogP contribution < -0.4 is 0 Å². The molecule has 0 N–H and O–H groups in total. The number of aryl methyl sites for hydroxylation is 6. The molecule has 0 aliphatic carbocycles. The topological polar surface area (TPSA) is 0 Å². The second-order valence-corrected chi connectivity index (χ2v) is 7.50. The number of benzene rings is 2. The third-order valence-electron chi connectivity index (χ3n) is 6.03. The average molecular weight is 351 g/mol. The van der Waals surface area contributed by atoms with Gasteiger partial charge in [0.05, 0.1) is 0 Å². The third-order valence-corrected chi connectivity index (χ3v) is 6.03. The van der Waals surface area contributed by atoms with Gasteiger partial charge in [-0.25, -0.2) is 0 Å². The first kappa shape index (κ1) is 20.7. The van der Waals surface area contributed by atoms with Crippen LogP contribution in [0.15, 0.2) is 24.3 Å². The van der Waals surface area contributed by atoms with E-state index >= 15 is 0 Å². The van der Waals surface area contributed by atoms with Gasteiger partial charge in [0.15, 0.2) is 0 Å². The highest BCUT2D eigenvalue weighted by Gasteiger charge is 2.21. The molecule has 0 heteroatoms. The van der Waals surface area contributed by atoms with E-state index in [-0.39, 0.29) is 0 Å². The minimum atomic E-state index is 0.474. The van der Waals surface area contributed by atoms with Crippen LogP contribution in [-0.2, 0) is 38.5 Å². The summed E-state index contributed by atoms with van der Waals surface area (Å²) in [6.07, 6.45) is 6.74. The van der Waals surface area contributed by atoms with E-state index in [1.54, 1.807) is 33.4 Å². The first-order valence-corrected chi connectivity index (χ1v) is 10.8. The summed E-state index contributed by atoms with van der Waals surface area (Å²) in [6.45, 7) is 16.2. The maximum absolute atomic E-state index is 2.46. The van der Waals surface area contributed by atoms with Crippen LogP contribution >= 0.6 is 0 Å². The quantitative estimate of drug-likeness (QED) is 0.471. The zero-order valence-electron chi connectivity index (χ0n) is 18.1. The molecule has 0 aromatic heterocycles. The van der Waals surface area contributed by atoms with E-state index in [1.807, 2.05) is 0 Å². The van der Waals surface area contributed by atoms with Crippen LogP contribution in [0.1, 0.15) is 98.9 Å². The van der Waals surface area contributed by atoms with Crippen molar-refractivity contribution in [2.24, 2.45) is 0 Å². The Balaban J connectivity index is 2.71. The van der Waals surface area contributed by atoms with Gasteiger partial charge >= 0.3 is 0 Å². The highest BCUT2D eigenvalue weighted by molar-refractivity contribution is 5.51. The minimum Gasteiger partial charge on any atom is -0.0613 e. The summed E-state index contributed by atoms with van der Waals surface area (Å²) >= 11 is 0. The zero-order valence-corrected chi connectivity index (χ0v) is 18.1. The maximum atomic E-state index is 2.46. The second-order valence-electron chi connectivity index (χ2n) is 7.50. The fourth-order valence-corrected chi connectivity index (χ4v) is 4.54. The molecule has 0 unspecified atom stereocenters. The minimum absolute atomic E-state index is 0.474. The zero-order chi connectivity index (χ0) is 19.3. The summed E-state index contributed by atoms with van der Waals surface area (Å²) < 4.78 is 0. The molecule has 0 amide bonds. The van der Waals surface area contributed by atoms with Gasteiger partial charge in [0.25, 0.3) is 0 Å². The molecular formula is C26H38. The van der Waals surface area contributed by atoms with Gasteiger partial charge < -0.3 is 0 Å². The summed E-state index contributed by atoms with van der Waals surface area (Å²) in [5.41, 5.74) is 12.4. The molecule has 0 spiro atoms. The Hall–Kier alpha value is -1.56. The van der Waals surface area contributed by atoms with Gasteiger partial charge in [-0.3, -0.25) is 0 Å². The van der Waals surface area contributed by atoms with E-state index < -0.39 is 0 Å². The van der Waals surface area contributed by atoms with Crippen molar-refractivity contribution in [3.63, 3.8) is 0 Å². The van der Waals surface area contributed by atoms with Crippen molar-refractivity contribution >= 4 is 0 Å². The lowest BCUT2D eigenvalue weighted by Crippen LogP contribution is -2.11. The molecule has 142 valence electrons. The Bertz CT molecular complexity index is 622. The van der Waals surface area contributed by atoms with Gasteiger partial charge in [-0.2, -0.15) is 0 Å². The molecule has 0 nitrogen and oxygen atoms in total. The lowest BCUT2D eigenvalue weighted by molar-refractivity contribution is 0.824. The van der Waals surface area contributed by atoms with E-state index in [0.717, 1.165) is 38.5 Å². The lowest BCUT2D eigenvalue weighted by atomic mass is 9.78. The van der Waals surface area contributed by atoms with Crippen molar-refractivity contribution in [3.8, 4) is 0 Å². The first-order valence-electron chi connectivity index (χ1n) is 10.8. The van der Waals surface area contributed by atoms with Gasteiger partial charge in [-0.1, -0.05) is 72.7 Å². The standard InChI is InChI=1S/C26H38/c1-8-19-14-21(10-3)25(22(11-4)15-19)18(7)26-23(12-5)16-20(9-2)17-24(26)13-6/h14-18H,8-13H2,1-7H3. The van der Waals surface area contributed by atoms with Crippen molar-refractivity contribution in [1.29, 1.82) is 0 Å². The second kappa shape index (κ2) is 9.40. The third kappa shape index (κ3) is 4.05. The van der Waals surface area contributed by atoms with Crippen LogP contribution in [0.25, 0.3) is 0 Å². The van der Waals surface area contributed by atoms with Crippen molar-refractivity contribution in [1.82, 2.24) is 0 Å². The van der Waals surface area contributed by atoms with Gasteiger partial charge in [0.1, 0.15) is 0 Å². The van der Waals surface area contributed by atoms with Crippen molar-refractivity contribution in [2.75, 3.05) is 0 Å². The molecule has 0 aliphatic heterocycles. The Kier molecular flexibility index (Phi) is 7.50. The molecule has 0 saturated carbocycles. The Morgan fingerprint density at radius 2 is 0.769 bits per heavy atom. The molecule has 2 rings (SSSR count). The van der Waals surface area contributed by atoms with Crippen LogP contribution in [0.3, 0.4) is 0 Å². The smallest absolute Gasteiger partial charge is 0.00719 e. The first-order chi connectivity index (χ1) is 12.5. The van der Waals surface area contributed by atoms with Crippen molar-refractivity contribution in [2.45, 2.75) is 92.9 Å². The molecule has 0 radical (unpaired) electrons. The summed E-state index contributed by atoms with van der Waals surface area (Å²) in [5, 5.41) is 0.